The molecule has 0 radical (unpaired) electrons. The Bertz CT molecular complexity index is 450. The highest BCUT2D eigenvalue weighted by molar-refractivity contribution is 9.10. The Kier molecular flexibility index (Phi) is 4.50. The van der Waals surface area contributed by atoms with Crippen LogP contribution < -0.4 is 0 Å². The second-order valence-electron chi connectivity index (χ2n) is 5.46. The lowest BCUT2D eigenvalue weighted by molar-refractivity contribution is -0.128. The van der Waals surface area contributed by atoms with Crippen molar-refractivity contribution >= 4 is 33.3 Å². The molecule has 1 aromatic rings. The molecule has 1 fully saturated rings. The zero-order valence-corrected chi connectivity index (χ0v) is 13.0. The fourth-order valence-corrected chi connectivity index (χ4v) is 3.40. The maximum absolute atomic E-state index is 12.5. The molecule has 0 aromatic heterocycles. The molecule has 0 saturated heterocycles. The molecule has 2 rings (SSSR count). The SMILES string of the molecule is CC1(C(=O)Cc2ccc(Br)cc2Cl)CCCCC1. The number of benzene rings is 1. The minimum absolute atomic E-state index is 0.130. The first-order chi connectivity index (χ1) is 8.51. The number of ketones is 1. The summed E-state index contributed by atoms with van der Waals surface area (Å²) in [6, 6.07) is 5.74. The lowest BCUT2D eigenvalue weighted by Crippen LogP contribution is -2.31. The van der Waals surface area contributed by atoms with Crippen molar-refractivity contribution in [3.8, 4) is 0 Å². The van der Waals surface area contributed by atoms with Crippen molar-refractivity contribution in [1.82, 2.24) is 0 Å². The molecule has 98 valence electrons. The van der Waals surface area contributed by atoms with Crippen molar-refractivity contribution in [1.29, 1.82) is 0 Å². The molecule has 1 saturated carbocycles. The number of Topliss-reactive ketones (excluding diaryl/α,β-unsaturated/α-hetero) is 1. The van der Waals surface area contributed by atoms with E-state index in [2.05, 4.69) is 22.9 Å². The van der Waals surface area contributed by atoms with E-state index < -0.39 is 0 Å². The molecular formula is C15H18BrClO. The quantitative estimate of drug-likeness (QED) is 0.746. The van der Waals surface area contributed by atoms with Gasteiger partial charge in [0.25, 0.3) is 0 Å². The molecule has 0 amide bonds. The Balaban J connectivity index is 2.11. The van der Waals surface area contributed by atoms with Gasteiger partial charge < -0.3 is 0 Å². The smallest absolute Gasteiger partial charge is 0.143 e. The first-order valence-corrected chi connectivity index (χ1v) is 7.66. The summed E-state index contributed by atoms with van der Waals surface area (Å²) in [5, 5.41) is 0.678. The van der Waals surface area contributed by atoms with Crippen LogP contribution in [0.2, 0.25) is 5.02 Å². The summed E-state index contributed by atoms with van der Waals surface area (Å²) in [5.74, 6) is 0.339. The minimum atomic E-state index is -0.130. The third kappa shape index (κ3) is 3.16. The van der Waals surface area contributed by atoms with Gasteiger partial charge in [-0.3, -0.25) is 4.79 Å². The van der Waals surface area contributed by atoms with Gasteiger partial charge in [-0.15, -0.1) is 0 Å². The molecule has 1 aromatic carbocycles. The summed E-state index contributed by atoms with van der Waals surface area (Å²) in [6.07, 6.45) is 6.14. The second kappa shape index (κ2) is 5.75. The van der Waals surface area contributed by atoms with Crippen molar-refractivity contribution in [3.63, 3.8) is 0 Å². The summed E-state index contributed by atoms with van der Waals surface area (Å²) in [6.45, 7) is 2.11. The lowest BCUT2D eigenvalue weighted by atomic mass is 9.71. The average molecular weight is 330 g/mol. The predicted molar refractivity (Wildman–Crippen MR) is 79.1 cm³/mol. The van der Waals surface area contributed by atoms with Gasteiger partial charge in [0.2, 0.25) is 0 Å². The number of carbonyl (C=O) groups is 1. The summed E-state index contributed by atoms with van der Waals surface area (Å²) < 4.78 is 0.951. The van der Waals surface area contributed by atoms with Gasteiger partial charge in [0.1, 0.15) is 5.78 Å². The number of rotatable bonds is 3. The maximum atomic E-state index is 12.5. The fourth-order valence-electron chi connectivity index (χ4n) is 2.66. The Hall–Kier alpha value is -0.340. The van der Waals surface area contributed by atoms with Gasteiger partial charge in [-0.05, 0) is 30.5 Å². The minimum Gasteiger partial charge on any atom is -0.299 e. The average Bonchev–Trinajstić information content (AvgIpc) is 2.33. The predicted octanol–water partition coefficient (Wildman–Crippen LogP) is 5.18. The van der Waals surface area contributed by atoms with Crippen LogP contribution in [-0.2, 0) is 11.2 Å². The van der Waals surface area contributed by atoms with E-state index in [4.69, 9.17) is 11.6 Å². The first kappa shape index (κ1) is 14.1. The normalized spacial score (nSPS) is 18.6. The Morgan fingerprint density at radius 1 is 1.33 bits per heavy atom. The van der Waals surface area contributed by atoms with Gasteiger partial charge in [0.15, 0.2) is 0 Å². The van der Waals surface area contributed by atoms with Crippen molar-refractivity contribution < 1.29 is 4.79 Å². The van der Waals surface area contributed by atoms with Crippen molar-refractivity contribution in [3.05, 3.63) is 33.3 Å². The molecule has 0 aliphatic heterocycles. The maximum Gasteiger partial charge on any atom is 0.143 e. The van der Waals surface area contributed by atoms with E-state index in [0.29, 0.717) is 17.2 Å². The van der Waals surface area contributed by atoms with Gasteiger partial charge >= 0.3 is 0 Å². The second-order valence-corrected chi connectivity index (χ2v) is 6.78. The number of hydrogen-bond acceptors (Lipinski definition) is 1. The summed E-state index contributed by atoms with van der Waals surface area (Å²) in [7, 11) is 0. The van der Waals surface area contributed by atoms with Crippen LogP contribution in [0.4, 0.5) is 0 Å². The Morgan fingerprint density at radius 2 is 2.00 bits per heavy atom. The van der Waals surface area contributed by atoms with E-state index >= 15 is 0 Å². The third-order valence-electron chi connectivity index (χ3n) is 4.00. The Labute approximate surface area is 122 Å². The Morgan fingerprint density at radius 3 is 2.61 bits per heavy atom. The zero-order chi connectivity index (χ0) is 13.2. The van der Waals surface area contributed by atoms with Gasteiger partial charge in [-0.2, -0.15) is 0 Å². The highest BCUT2D eigenvalue weighted by atomic mass is 79.9. The van der Waals surface area contributed by atoms with Gasteiger partial charge in [0, 0.05) is 21.3 Å². The van der Waals surface area contributed by atoms with Crippen LogP contribution in [0.5, 0.6) is 0 Å². The molecular weight excluding hydrogens is 312 g/mol. The molecule has 18 heavy (non-hydrogen) atoms. The van der Waals surface area contributed by atoms with Crippen LogP contribution in [0.1, 0.15) is 44.6 Å². The van der Waals surface area contributed by atoms with E-state index in [1.54, 1.807) is 0 Å². The summed E-state index contributed by atoms with van der Waals surface area (Å²) in [4.78, 5) is 12.5. The largest absolute Gasteiger partial charge is 0.299 e. The van der Waals surface area contributed by atoms with E-state index in [-0.39, 0.29) is 5.41 Å². The number of carbonyl (C=O) groups excluding carboxylic acids is 1. The van der Waals surface area contributed by atoms with Gasteiger partial charge in [0.05, 0.1) is 0 Å². The zero-order valence-electron chi connectivity index (χ0n) is 10.6. The number of halogens is 2. The molecule has 0 bridgehead atoms. The summed E-state index contributed by atoms with van der Waals surface area (Å²) in [5.41, 5.74) is 0.811. The van der Waals surface area contributed by atoms with Gasteiger partial charge in [-0.1, -0.05) is 59.8 Å². The van der Waals surface area contributed by atoms with E-state index in [0.717, 1.165) is 22.9 Å². The van der Waals surface area contributed by atoms with Crippen LogP contribution in [0, 0.1) is 5.41 Å². The van der Waals surface area contributed by atoms with Crippen LogP contribution in [0.15, 0.2) is 22.7 Å². The van der Waals surface area contributed by atoms with Crippen LogP contribution in [0.25, 0.3) is 0 Å². The monoisotopic (exact) mass is 328 g/mol. The molecule has 0 spiro atoms. The topological polar surface area (TPSA) is 17.1 Å². The molecule has 0 heterocycles. The third-order valence-corrected chi connectivity index (χ3v) is 4.84. The van der Waals surface area contributed by atoms with Gasteiger partial charge in [-0.25, -0.2) is 0 Å². The van der Waals surface area contributed by atoms with Crippen LogP contribution >= 0.6 is 27.5 Å². The van der Waals surface area contributed by atoms with E-state index in [1.165, 1.54) is 19.3 Å². The number of hydrogen-bond donors (Lipinski definition) is 0. The molecule has 0 atom stereocenters. The van der Waals surface area contributed by atoms with Crippen LogP contribution in [0.3, 0.4) is 0 Å². The fraction of sp³-hybridized carbons (Fsp3) is 0.533. The van der Waals surface area contributed by atoms with Crippen molar-refractivity contribution in [2.75, 3.05) is 0 Å². The molecule has 3 heteroatoms. The highest BCUT2D eigenvalue weighted by Gasteiger charge is 2.34. The standard InChI is InChI=1S/C15H18BrClO/c1-15(7-3-2-4-8-15)14(18)9-11-5-6-12(16)10-13(11)17/h5-6,10H,2-4,7-9H2,1H3. The molecule has 1 nitrogen and oxygen atoms in total. The molecule has 1 aliphatic rings. The van der Waals surface area contributed by atoms with Crippen LogP contribution in [-0.4, -0.2) is 5.78 Å². The lowest BCUT2D eigenvalue weighted by Gasteiger charge is -2.32. The highest BCUT2D eigenvalue weighted by Crippen LogP contribution is 2.38. The van der Waals surface area contributed by atoms with E-state index in [1.807, 2.05) is 18.2 Å². The van der Waals surface area contributed by atoms with Crippen molar-refractivity contribution in [2.24, 2.45) is 5.41 Å². The van der Waals surface area contributed by atoms with E-state index in [9.17, 15) is 4.79 Å². The molecule has 0 unspecified atom stereocenters. The first-order valence-electron chi connectivity index (χ1n) is 6.48. The summed E-state index contributed by atoms with van der Waals surface area (Å²) >= 11 is 9.56. The molecule has 0 N–H and O–H groups in total. The molecule has 1 aliphatic carbocycles. The van der Waals surface area contributed by atoms with Crippen molar-refractivity contribution in [2.45, 2.75) is 45.4 Å².